The van der Waals surface area contributed by atoms with E-state index in [-0.39, 0.29) is 5.69 Å². The van der Waals surface area contributed by atoms with Crippen LogP contribution in [0.25, 0.3) is 0 Å². The molecule has 0 radical (unpaired) electrons. The minimum absolute atomic E-state index is 0.00472. The van der Waals surface area contributed by atoms with Gasteiger partial charge in [-0.2, -0.15) is 0 Å². The molecule has 0 unspecified atom stereocenters. The first-order valence-electron chi connectivity index (χ1n) is 3.05. The Morgan fingerprint density at radius 3 is 2.55 bits per heavy atom. The molecule has 0 heterocycles. The van der Waals surface area contributed by atoms with Gasteiger partial charge < -0.3 is 10.4 Å². The highest BCUT2D eigenvalue weighted by Gasteiger charge is 2.18. The van der Waals surface area contributed by atoms with Gasteiger partial charge in [0.2, 0.25) is 0 Å². The summed E-state index contributed by atoms with van der Waals surface area (Å²) in [7, 11) is 0. The fourth-order valence-electron chi connectivity index (χ4n) is 0.718. The van der Waals surface area contributed by atoms with Crippen molar-refractivity contribution in [3.05, 3.63) is 33.1 Å². The van der Waals surface area contributed by atoms with E-state index in [0.29, 0.717) is 6.54 Å². The summed E-state index contributed by atoms with van der Waals surface area (Å²) in [6.07, 6.45) is 1.52. The molecular weight excluding hydrogens is 146 g/mol. The summed E-state index contributed by atoms with van der Waals surface area (Å²) in [5, 5.41) is 11.3. The minimum Gasteiger partial charge on any atom is -0.502 e. The average molecular weight is 153 g/mol. The minimum atomic E-state index is -0.823. The zero-order valence-corrected chi connectivity index (χ0v) is 5.76. The molecule has 0 aliphatic rings. The average Bonchev–Trinajstić information content (AvgIpc) is 2.04. The Morgan fingerprint density at radius 2 is 2.09 bits per heavy atom. The number of nitrogens with one attached hydrogen (secondary N) is 1. The van der Waals surface area contributed by atoms with Gasteiger partial charge >= 0.3 is 0 Å². The lowest BCUT2D eigenvalue weighted by atomic mass is 10.2. The Morgan fingerprint density at radius 1 is 1.45 bits per heavy atom. The van der Waals surface area contributed by atoms with E-state index in [4.69, 9.17) is 5.11 Å². The van der Waals surface area contributed by atoms with Crippen LogP contribution in [0.1, 0.15) is 0 Å². The van der Waals surface area contributed by atoms with Crippen LogP contribution in [0.5, 0.6) is 5.75 Å². The summed E-state index contributed by atoms with van der Waals surface area (Å²) in [5.74, 6) is -0.475. The molecule has 1 aromatic rings. The quantitative estimate of drug-likeness (QED) is 0.457. The number of rotatable bonds is 3. The fraction of sp³-hybridized carbons (Fsp3) is 0.143. The molecule has 1 rings (SSSR count). The van der Waals surface area contributed by atoms with Crippen LogP contribution < -0.4 is 16.2 Å². The number of hydrogen-bond acceptors (Lipinski definition) is 4. The molecule has 0 saturated heterocycles. The fourth-order valence-corrected chi connectivity index (χ4v) is 0.718. The first-order chi connectivity index (χ1) is 5.18. The van der Waals surface area contributed by atoms with E-state index in [0.717, 1.165) is 0 Å². The SMILES string of the molecule is C=CCNc1c(O)c(=O)c1=O. The van der Waals surface area contributed by atoms with E-state index in [9.17, 15) is 9.59 Å². The Hall–Kier alpha value is -1.58. The second kappa shape index (κ2) is 2.57. The first kappa shape index (κ1) is 7.53. The molecule has 1 aromatic carbocycles. The van der Waals surface area contributed by atoms with E-state index in [2.05, 4.69) is 11.9 Å². The van der Waals surface area contributed by atoms with Crippen molar-refractivity contribution >= 4 is 5.69 Å². The van der Waals surface area contributed by atoms with Gasteiger partial charge in [0.15, 0.2) is 5.75 Å². The lowest BCUT2D eigenvalue weighted by Gasteiger charge is -2.05. The van der Waals surface area contributed by atoms with Crippen molar-refractivity contribution in [2.45, 2.75) is 0 Å². The molecule has 0 aliphatic carbocycles. The second-order valence-electron chi connectivity index (χ2n) is 2.05. The van der Waals surface area contributed by atoms with Gasteiger partial charge in [-0.3, -0.25) is 9.59 Å². The molecule has 4 heteroatoms. The van der Waals surface area contributed by atoms with E-state index in [1.807, 2.05) is 0 Å². The van der Waals surface area contributed by atoms with E-state index in [1.165, 1.54) is 6.08 Å². The highest BCUT2D eigenvalue weighted by atomic mass is 16.3. The molecule has 0 amide bonds. The predicted octanol–water partition coefficient (Wildman–Crippen LogP) is -0.414. The number of anilines is 1. The Balaban J connectivity index is 2.82. The number of hydrogen-bond donors (Lipinski definition) is 2. The van der Waals surface area contributed by atoms with Gasteiger partial charge in [-0.05, 0) is 0 Å². The second-order valence-corrected chi connectivity index (χ2v) is 2.05. The van der Waals surface area contributed by atoms with Crippen molar-refractivity contribution in [1.82, 2.24) is 0 Å². The third-order valence-corrected chi connectivity index (χ3v) is 1.31. The molecule has 0 fully saturated rings. The van der Waals surface area contributed by atoms with Crippen molar-refractivity contribution in [2.24, 2.45) is 0 Å². The summed E-state index contributed by atoms with van der Waals surface area (Å²) in [4.78, 5) is 21.0. The lowest BCUT2D eigenvalue weighted by Crippen LogP contribution is -2.33. The van der Waals surface area contributed by atoms with Gasteiger partial charge in [0, 0.05) is 6.54 Å². The number of aromatic hydroxyl groups is 1. The topological polar surface area (TPSA) is 66.4 Å². The van der Waals surface area contributed by atoms with Gasteiger partial charge in [-0.15, -0.1) is 6.58 Å². The first-order valence-corrected chi connectivity index (χ1v) is 3.05. The molecule has 11 heavy (non-hydrogen) atoms. The van der Waals surface area contributed by atoms with Gasteiger partial charge in [-0.25, -0.2) is 0 Å². The third-order valence-electron chi connectivity index (χ3n) is 1.31. The third kappa shape index (κ3) is 1.02. The van der Waals surface area contributed by atoms with Crippen LogP contribution in [0.3, 0.4) is 0 Å². The maximum absolute atomic E-state index is 10.6. The molecule has 4 nitrogen and oxygen atoms in total. The molecule has 0 atom stereocenters. The zero-order valence-electron chi connectivity index (χ0n) is 5.76. The summed E-state index contributed by atoms with van der Waals surface area (Å²) >= 11 is 0. The van der Waals surface area contributed by atoms with Crippen molar-refractivity contribution in [3.63, 3.8) is 0 Å². The molecular formula is C7H7NO3. The van der Waals surface area contributed by atoms with Crippen LogP contribution >= 0.6 is 0 Å². The summed E-state index contributed by atoms with van der Waals surface area (Å²) in [6, 6.07) is 0. The zero-order chi connectivity index (χ0) is 8.43. The van der Waals surface area contributed by atoms with E-state index in [1.54, 1.807) is 0 Å². The van der Waals surface area contributed by atoms with Crippen LogP contribution in [0.15, 0.2) is 22.2 Å². The Kier molecular flexibility index (Phi) is 1.76. The van der Waals surface area contributed by atoms with Gasteiger partial charge in [0.1, 0.15) is 5.69 Å². The van der Waals surface area contributed by atoms with Gasteiger partial charge in [0.25, 0.3) is 10.9 Å². The molecule has 0 saturated carbocycles. The molecule has 0 aliphatic heterocycles. The normalized spacial score (nSPS) is 9.82. The van der Waals surface area contributed by atoms with Crippen LogP contribution in [0.2, 0.25) is 0 Å². The Labute approximate surface area is 62.5 Å². The van der Waals surface area contributed by atoms with Crippen LogP contribution in [0, 0.1) is 0 Å². The highest BCUT2D eigenvalue weighted by Crippen LogP contribution is 2.13. The molecule has 0 aromatic heterocycles. The van der Waals surface area contributed by atoms with Crippen molar-refractivity contribution in [2.75, 3.05) is 11.9 Å². The van der Waals surface area contributed by atoms with Crippen LogP contribution in [-0.2, 0) is 0 Å². The van der Waals surface area contributed by atoms with Crippen molar-refractivity contribution < 1.29 is 5.11 Å². The largest absolute Gasteiger partial charge is 0.502 e. The molecule has 0 spiro atoms. The highest BCUT2D eigenvalue weighted by molar-refractivity contribution is 5.60. The molecule has 58 valence electrons. The van der Waals surface area contributed by atoms with Crippen LogP contribution in [-0.4, -0.2) is 11.7 Å². The molecule has 2 N–H and O–H groups in total. The maximum atomic E-state index is 10.6. The van der Waals surface area contributed by atoms with Crippen LogP contribution in [0.4, 0.5) is 5.69 Å². The van der Waals surface area contributed by atoms with Gasteiger partial charge in [-0.1, -0.05) is 6.08 Å². The van der Waals surface area contributed by atoms with Crippen molar-refractivity contribution in [1.29, 1.82) is 0 Å². The molecule has 0 bridgehead atoms. The van der Waals surface area contributed by atoms with Crippen molar-refractivity contribution in [3.8, 4) is 5.75 Å². The summed E-state index contributed by atoms with van der Waals surface area (Å²) < 4.78 is 0. The Bertz CT molecular complexity index is 346. The monoisotopic (exact) mass is 153 g/mol. The van der Waals surface area contributed by atoms with E-state index < -0.39 is 16.6 Å². The maximum Gasteiger partial charge on any atom is 0.271 e. The van der Waals surface area contributed by atoms with E-state index >= 15 is 0 Å². The lowest BCUT2D eigenvalue weighted by molar-refractivity contribution is 0.465. The summed E-state index contributed by atoms with van der Waals surface area (Å²) in [5.41, 5.74) is -1.49. The van der Waals surface area contributed by atoms with Gasteiger partial charge in [0.05, 0.1) is 0 Å². The predicted molar refractivity (Wildman–Crippen MR) is 41.7 cm³/mol. The summed E-state index contributed by atoms with van der Waals surface area (Å²) in [6.45, 7) is 3.76. The standard InChI is InChI=1S/C7H7NO3/c1-2-3-8-4-5(9)7(11)6(4)10/h2,8-9H,1,3H2. The smallest absolute Gasteiger partial charge is 0.271 e.